The van der Waals surface area contributed by atoms with Crippen molar-refractivity contribution in [1.82, 2.24) is 14.7 Å². The van der Waals surface area contributed by atoms with Crippen molar-refractivity contribution in [3.63, 3.8) is 0 Å². The first-order valence-corrected chi connectivity index (χ1v) is 8.52. The minimum atomic E-state index is -0.374. The van der Waals surface area contributed by atoms with Crippen LogP contribution in [0.2, 0.25) is 0 Å². The van der Waals surface area contributed by atoms with Gasteiger partial charge in [0.2, 0.25) is 0 Å². The molecule has 0 aliphatic carbocycles. The smallest absolute Gasteiger partial charge is 0.269 e. The van der Waals surface area contributed by atoms with E-state index in [4.69, 9.17) is 12.2 Å². The molecule has 2 aromatic rings. The van der Waals surface area contributed by atoms with E-state index in [1.54, 1.807) is 12.1 Å². The Hall–Kier alpha value is -1.84. The Kier molecular flexibility index (Phi) is 4.69. The molecule has 0 radical (unpaired) electrons. The van der Waals surface area contributed by atoms with Crippen molar-refractivity contribution >= 4 is 34.9 Å². The van der Waals surface area contributed by atoms with Gasteiger partial charge in [0.25, 0.3) is 5.69 Å². The summed E-state index contributed by atoms with van der Waals surface area (Å²) in [7, 11) is 0. The monoisotopic (exact) mass is 351 g/mol. The molecule has 0 saturated carbocycles. The number of nitro benzene ring substituents is 1. The molecule has 1 saturated heterocycles. The third kappa shape index (κ3) is 3.74. The highest BCUT2D eigenvalue weighted by Gasteiger charge is 2.18. The van der Waals surface area contributed by atoms with Crippen molar-refractivity contribution < 1.29 is 4.92 Å². The molecule has 1 aromatic heterocycles. The second kappa shape index (κ2) is 6.73. The number of anilines is 1. The average Bonchev–Trinajstić information content (AvgIpc) is 2.86. The maximum atomic E-state index is 10.7. The van der Waals surface area contributed by atoms with E-state index in [1.165, 1.54) is 11.3 Å². The fourth-order valence-corrected chi connectivity index (χ4v) is 3.68. The molecule has 1 aliphatic rings. The number of aromatic nitrogens is 2. The first-order chi connectivity index (χ1) is 11.0. The minimum Gasteiger partial charge on any atom is -0.369 e. The maximum Gasteiger partial charge on any atom is 0.269 e. The van der Waals surface area contributed by atoms with Crippen molar-refractivity contribution in [1.29, 1.82) is 0 Å². The summed E-state index contributed by atoms with van der Waals surface area (Å²) in [6.45, 7) is 6.27. The minimum absolute atomic E-state index is 0.126. The van der Waals surface area contributed by atoms with Gasteiger partial charge in [-0.05, 0) is 31.3 Å². The van der Waals surface area contributed by atoms with Crippen LogP contribution in [-0.4, -0.2) is 45.8 Å². The van der Waals surface area contributed by atoms with Crippen LogP contribution in [0.4, 0.5) is 11.4 Å². The molecule has 9 heteroatoms. The van der Waals surface area contributed by atoms with Gasteiger partial charge >= 0.3 is 0 Å². The molecule has 122 valence electrons. The van der Waals surface area contributed by atoms with Crippen LogP contribution in [0, 0.1) is 21.0 Å². The first kappa shape index (κ1) is 16.0. The van der Waals surface area contributed by atoms with E-state index < -0.39 is 0 Å². The van der Waals surface area contributed by atoms with Crippen LogP contribution in [0.25, 0.3) is 0 Å². The first-order valence-electron chi connectivity index (χ1n) is 7.29. The maximum absolute atomic E-state index is 10.7. The van der Waals surface area contributed by atoms with Gasteiger partial charge in [-0.15, -0.1) is 0 Å². The molecule has 0 amide bonds. The second-order valence-electron chi connectivity index (χ2n) is 5.41. The number of hydrogen-bond acceptors (Lipinski definition) is 7. The third-order valence-corrected chi connectivity index (χ3v) is 5.06. The Morgan fingerprint density at radius 3 is 2.43 bits per heavy atom. The lowest BCUT2D eigenvalue weighted by Gasteiger charge is -2.35. The summed E-state index contributed by atoms with van der Waals surface area (Å²) in [5.74, 6) is 0. The molecule has 1 aromatic carbocycles. The Morgan fingerprint density at radius 1 is 1.26 bits per heavy atom. The molecule has 3 rings (SSSR count). The summed E-state index contributed by atoms with van der Waals surface area (Å²) in [5, 5.41) is 16.1. The van der Waals surface area contributed by atoms with E-state index in [0.29, 0.717) is 0 Å². The second-order valence-corrected chi connectivity index (χ2v) is 7.23. The van der Waals surface area contributed by atoms with E-state index in [0.717, 1.165) is 47.5 Å². The van der Waals surface area contributed by atoms with Gasteiger partial charge in [0.05, 0.1) is 11.6 Å². The van der Waals surface area contributed by atoms with Crippen LogP contribution in [-0.2, 0) is 6.67 Å². The molecule has 7 nitrogen and oxygen atoms in total. The summed E-state index contributed by atoms with van der Waals surface area (Å²) < 4.78 is 2.68. The van der Waals surface area contributed by atoms with E-state index in [2.05, 4.69) is 14.9 Å². The molecule has 0 N–H and O–H groups in total. The molecule has 0 unspecified atom stereocenters. The number of non-ortho nitro benzene ring substituents is 1. The van der Waals surface area contributed by atoms with E-state index in [9.17, 15) is 10.1 Å². The highest BCUT2D eigenvalue weighted by molar-refractivity contribution is 7.73. The molecule has 1 fully saturated rings. The van der Waals surface area contributed by atoms with Gasteiger partial charge in [-0.25, -0.2) is 4.68 Å². The Labute approximate surface area is 142 Å². The molecule has 0 bridgehead atoms. The van der Waals surface area contributed by atoms with Gasteiger partial charge in [0, 0.05) is 44.0 Å². The molecule has 2 heterocycles. The summed E-state index contributed by atoms with van der Waals surface area (Å²) in [6.07, 6.45) is 0. The van der Waals surface area contributed by atoms with E-state index >= 15 is 0 Å². The van der Waals surface area contributed by atoms with E-state index in [-0.39, 0.29) is 10.6 Å². The lowest BCUT2D eigenvalue weighted by atomic mass is 10.2. The number of nitrogens with zero attached hydrogens (tertiary/aromatic N) is 5. The largest absolute Gasteiger partial charge is 0.369 e. The summed E-state index contributed by atoms with van der Waals surface area (Å²) >= 11 is 6.83. The molecule has 0 spiro atoms. The van der Waals surface area contributed by atoms with Crippen molar-refractivity contribution in [3.05, 3.63) is 43.3 Å². The van der Waals surface area contributed by atoms with Crippen LogP contribution in [0.15, 0.2) is 24.3 Å². The number of hydrogen-bond donors (Lipinski definition) is 0. The van der Waals surface area contributed by atoms with Gasteiger partial charge in [0.15, 0.2) is 3.95 Å². The number of piperazine rings is 1. The quantitative estimate of drug-likeness (QED) is 0.479. The molecule has 1 aliphatic heterocycles. The van der Waals surface area contributed by atoms with Crippen LogP contribution < -0.4 is 4.90 Å². The van der Waals surface area contributed by atoms with Crippen molar-refractivity contribution in [2.24, 2.45) is 0 Å². The fraction of sp³-hybridized carbons (Fsp3) is 0.429. The highest BCUT2D eigenvalue weighted by atomic mass is 32.1. The van der Waals surface area contributed by atoms with Gasteiger partial charge in [0.1, 0.15) is 5.01 Å². The molecular formula is C14H17N5O2S2. The van der Waals surface area contributed by atoms with Crippen molar-refractivity contribution in [2.75, 3.05) is 31.1 Å². The van der Waals surface area contributed by atoms with Gasteiger partial charge < -0.3 is 4.90 Å². The average molecular weight is 351 g/mol. The summed E-state index contributed by atoms with van der Waals surface area (Å²) in [4.78, 5) is 14.9. The fourth-order valence-electron chi connectivity index (χ4n) is 2.62. The highest BCUT2D eigenvalue weighted by Crippen LogP contribution is 2.20. The number of rotatable bonds is 4. The zero-order chi connectivity index (χ0) is 16.4. The van der Waals surface area contributed by atoms with Crippen LogP contribution in [0.5, 0.6) is 0 Å². The third-order valence-electron chi connectivity index (χ3n) is 3.84. The zero-order valence-corrected chi connectivity index (χ0v) is 14.3. The predicted molar refractivity (Wildman–Crippen MR) is 92.6 cm³/mol. The molecular weight excluding hydrogens is 334 g/mol. The van der Waals surface area contributed by atoms with Gasteiger partial charge in [-0.2, -0.15) is 5.10 Å². The Balaban J connectivity index is 1.58. The van der Waals surface area contributed by atoms with Crippen molar-refractivity contribution in [3.8, 4) is 0 Å². The van der Waals surface area contributed by atoms with Crippen LogP contribution in [0.1, 0.15) is 5.01 Å². The summed E-state index contributed by atoms with van der Waals surface area (Å²) in [5.41, 5.74) is 1.15. The topological polar surface area (TPSA) is 67.4 Å². The van der Waals surface area contributed by atoms with Crippen LogP contribution >= 0.6 is 23.6 Å². The van der Waals surface area contributed by atoms with E-state index in [1.807, 2.05) is 23.7 Å². The molecule has 23 heavy (non-hydrogen) atoms. The van der Waals surface area contributed by atoms with Crippen LogP contribution in [0.3, 0.4) is 0 Å². The predicted octanol–water partition coefficient (Wildman–Crippen LogP) is 2.67. The number of nitro groups is 1. The zero-order valence-electron chi connectivity index (χ0n) is 12.7. The van der Waals surface area contributed by atoms with Crippen molar-refractivity contribution in [2.45, 2.75) is 13.6 Å². The lowest BCUT2D eigenvalue weighted by Crippen LogP contribution is -2.46. The Morgan fingerprint density at radius 2 is 1.91 bits per heavy atom. The lowest BCUT2D eigenvalue weighted by molar-refractivity contribution is -0.384. The number of aryl methyl sites for hydroxylation is 1. The normalized spacial score (nSPS) is 15.8. The van der Waals surface area contributed by atoms with Gasteiger partial charge in [-0.1, -0.05) is 11.3 Å². The number of benzene rings is 1. The Bertz CT molecular complexity index is 747. The standard InChI is InChI=1S/C14H17N5O2S2/c1-11-15-18(14(22)23-11)10-16-6-8-17(9-7-16)12-2-4-13(5-3-12)19(20)21/h2-5H,6-10H2,1H3. The molecule has 0 atom stereocenters. The summed E-state index contributed by atoms with van der Waals surface area (Å²) in [6, 6.07) is 6.74. The van der Waals surface area contributed by atoms with Gasteiger partial charge in [-0.3, -0.25) is 15.0 Å². The SMILES string of the molecule is Cc1nn(CN2CCN(c3ccc([N+](=O)[O-])cc3)CC2)c(=S)s1.